The minimum Gasteiger partial charge on any atom is -0.478 e. The summed E-state index contributed by atoms with van der Waals surface area (Å²) < 4.78 is 4.65. The molecule has 0 aliphatic heterocycles. The lowest BCUT2D eigenvalue weighted by Gasteiger charge is -2.33. The molecule has 0 saturated heterocycles. The van der Waals surface area contributed by atoms with E-state index in [4.69, 9.17) is 28.3 Å². The molecule has 4 nitrogen and oxygen atoms in total. The maximum atomic E-state index is 11.3. The molecular weight excluding hydrogens is 507 g/mol. The first-order chi connectivity index (χ1) is 17.8. The van der Waals surface area contributed by atoms with E-state index >= 15 is 0 Å². The summed E-state index contributed by atoms with van der Waals surface area (Å²) >= 11 is 13.1. The highest BCUT2D eigenvalue weighted by atomic mass is 35.5. The molecule has 4 atom stereocenters. The number of allylic oxidation sites excluding steroid dienone is 10. The molecule has 4 rings (SSSR count). The molecular formula is C31H28Cl2O4. The van der Waals surface area contributed by atoms with Crippen LogP contribution in [0.2, 0.25) is 0 Å². The van der Waals surface area contributed by atoms with Crippen LogP contribution in [0.25, 0.3) is 0 Å². The third-order valence-corrected chi connectivity index (χ3v) is 7.21. The molecule has 0 heterocycles. The number of methoxy groups -OCH3 is 1. The van der Waals surface area contributed by atoms with Gasteiger partial charge in [-0.25, -0.2) is 9.59 Å². The third kappa shape index (κ3) is 7.00. The quantitative estimate of drug-likeness (QED) is 0.249. The van der Waals surface area contributed by atoms with E-state index in [9.17, 15) is 9.59 Å². The van der Waals surface area contributed by atoms with Gasteiger partial charge in [0.1, 0.15) is 0 Å². The second-order valence-electron chi connectivity index (χ2n) is 8.40. The number of aliphatic carboxylic acids is 1. The smallest absolute Gasteiger partial charge is 0.330 e. The van der Waals surface area contributed by atoms with Crippen LogP contribution in [0.4, 0.5) is 0 Å². The zero-order valence-electron chi connectivity index (χ0n) is 20.3. The number of carbonyl (C=O) groups is 2. The highest BCUT2D eigenvalue weighted by Crippen LogP contribution is 2.42. The van der Waals surface area contributed by atoms with Gasteiger partial charge in [-0.3, -0.25) is 0 Å². The zero-order chi connectivity index (χ0) is 26.7. The first kappa shape index (κ1) is 28.0. The van der Waals surface area contributed by atoms with Gasteiger partial charge in [-0.2, -0.15) is 0 Å². The summed E-state index contributed by atoms with van der Waals surface area (Å²) in [6, 6.07) is 19.5. The lowest BCUT2D eigenvalue weighted by atomic mass is 9.75. The van der Waals surface area contributed by atoms with Gasteiger partial charge in [0.15, 0.2) is 0 Å². The van der Waals surface area contributed by atoms with Crippen molar-refractivity contribution >= 4 is 35.1 Å². The van der Waals surface area contributed by atoms with Gasteiger partial charge in [-0.1, -0.05) is 121 Å². The second kappa shape index (κ2) is 13.1. The van der Waals surface area contributed by atoms with Gasteiger partial charge in [-0.05, 0) is 11.1 Å². The maximum Gasteiger partial charge on any atom is 0.330 e. The summed E-state index contributed by atoms with van der Waals surface area (Å²) in [5, 5.41) is 8.46. The Morgan fingerprint density at radius 2 is 1.46 bits per heavy atom. The van der Waals surface area contributed by atoms with Crippen molar-refractivity contribution in [3.8, 4) is 0 Å². The van der Waals surface area contributed by atoms with E-state index in [2.05, 4.69) is 4.74 Å². The number of esters is 1. The molecule has 6 heteroatoms. The van der Waals surface area contributed by atoms with Crippen molar-refractivity contribution in [2.75, 3.05) is 7.11 Å². The van der Waals surface area contributed by atoms with E-state index in [1.165, 1.54) is 13.2 Å². The van der Waals surface area contributed by atoms with Crippen molar-refractivity contribution < 1.29 is 19.4 Å². The van der Waals surface area contributed by atoms with Crippen LogP contribution in [0, 0.1) is 5.92 Å². The fraction of sp³-hybridized carbons (Fsp3) is 0.161. The van der Waals surface area contributed by atoms with Crippen LogP contribution in [0.1, 0.15) is 11.1 Å². The van der Waals surface area contributed by atoms with Crippen molar-refractivity contribution in [3.63, 3.8) is 0 Å². The number of halogens is 2. The Hall–Kier alpha value is -3.60. The van der Waals surface area contributed by atoms with E-state index in [1.54, 1.807) is 12.2 Å². The van der Waals surface area contributed by atoms with Crippen LogP contribution in [-0.4, -0.2) is 29.5 Å². The predicted octanol–water partition coefficient (Wildman–Crippen LogP) is 6.89. The third-order valence-electron chi connectivity index (χ3n) is 6.11. The Balaban J connectivity index is 0.000000206. The summed E-state index contributed by atoms with van der Waals surface area (Å²) in [7, 11) is 1.36. The number of rotatable bonds is 6. The molecule has 1 N–H and O–H groups in total. The summed E-state index contributed by atoms with van der Waals surface area (Å²) in [4.78, 5) is 21.2. The number of benzene rings is 2. The lowest BCUT2D eigenvalue weighted by molar-refractivity contribution is -0.135. The van der Waals surface area contributed by atoms with Gasteiger partial charge in [-0.15, -0.1) is 23.2 Å². The topological polar surface area (TPSA) is 63.6 Å². The molecule has 0 bridgehead atoms. The SMILES string of the molecule is COC(=O)/C=C/C1(c2ccccc2)C=CC=CC1Cl.O=C(O)/C=C/C1C=CC=CC1(Cl)c1ccccc1. The fourth-order valence-electron chi connectivity index (χ4n) is 4.13. The number of hydrogen-bond donors (Lipinski definition) is 1. The van der Waals surface area contributed by atoms with E-state index in [0.29, 0.717) is 0 Å². The highest BCUT2D eigenvalue weighted by molar-refractivity contribution is 6.26. The molecule has 0 saturated carbocycles. The van der Waals surface area contributed by atoms with Crippen LogP contribution in [-0.2, 0) is 24.6 Å². The van der Waals surface area contributed by atoms with Crippen LogP contribution < -0.4 is 0 Å². The van der Waals surface area contributed by atoms with Crippen LogP contribution >= 0.6 is 23.2 Å². The number of carboxylic acid groups (broad SMARTS) is 1. The Bertz CT molecular complexity index is 1240. The van der Waals surface area contributed by atoms with Crippen LogP contribution in [0.3, 0.4) is 0 Å². The van der Waals surface area contributed by atoms with Gasteiger partial charge in [0, 0.05) is 18.1 Å². The summed E-state index contributed by atoms with van der Waals surface area (Å²) in [5.41, 5.74) is 1.47. The van der Waals surface area contributed by atoms with Gasteiger partial charge in [0.05, 0.1) is 22.8 Å². The molecule has 0 radical (unpaired) electrons. The second-order valence-corrected chi connectivity index (χ2v) is 9.50. The molecule has 0 aromatic heterocycles. The number of alkyl halides is 2. The summed E-state index contributed by atoms with van der Waals surface area (Å²) in [5.74, 6) is -1.53. The Labute approximate surface area is 227 Å². The van der Waals surface area contributed by atoms with Crippen molar-refractivity contribution in [1.82, 2.24) is 0 Å². The average Bonchev–Trinajstić information content (AvgIpc) is 2.93. The zero-order valence-corrected chi connectivity index (χ0v) is 21.8. The number of carboxylic acids is 1. The summed E-state index contributed by atoms with van der Waals surface area (Å²) in [6.07, 6.45) is 21.3. The van der Waals surface area contributed by atoms with Crippen molar-refractivity contribution in [2.24, 2.45) is 5.92 Å². The minimum absolute atomic E-state index is 0.178. The number of hydrogen-bond acceptors (Lipinski definition) is 3. The van der Waals surface area contributed by atoms with Crippen molar-refractivity contribution in [2.45, 2.75) is 15.7 Å². The van der Waals surface area contributed by atoms with Crippen LogP contribution in [0.5, 0.6) is 0 Å². The molecule has 2 aromatic rings. The Morgan fingerprint density at radius 3 is 2.05 bits per heavy atom. The largest absolute Gasteiger partial charge is 0.478 e. The standard InChI is InChI=1S/C16H15ClO2.C15H13ClO2/c1-19-15(18)10-12-16(11-6-5-9-14(16)17)13-7-3-2-4-8-13;16-15(12-6-2-1-3-7-12)11-5-4-8-13(15)9-10-14(17)18/h2-12,14H,1H3;1-11,13H,(H,17,18)/b12-10+;10-9+. The van der Waals surface area contributed by atoms with Crippen LogP contribution in [0.15, 0.2) is 134 Å². The first-order valence-corrected chi connectivity index (χ1v) is 12.5. The predicted molar refractivity (Wildman–Crippen MR) is 150 cm³/mol. The molecule has 37 heavy (non-hydrogen) atoms. The van der Waals surface area contributed by atoms with Gasteiger partial charge >= 0.3 is 11.9 Å². The maximum absolute atomic E-state index is 11.3. The van der Waals surface area contributed by atoms with E-state index in [0.717, 1.165) is 17.2 Å². The lowest BCUT2D eigenvalue weighted by Crippen LogP contribution is -2.32. The molecule has 0 spiro atoms. The van der Waals surface area contributed by atoms with Crippen molar-refractivity contribution in [3.05, 3.63) is 145 Å². The molecule has 190 valence electrons. The van der Waals surface area contributed by atoms with Crippen molar-refractivity contribution in [1.29, 1.82) is 0 Å². The van der Waals surface area contributed by atoms with Gasteiger partial charge < -0.3 is 9.84 Å². The number of ether oxygens (including phenoxy) is 1. The average molecular weight is 535 g/mol. The number of carbonyl (C=O) groups excluding carboxylic acids is 1. The Morgan fingerprint density at radius 1 is 0.865 bits per heavy atom. The first-order valence-electron chi connectivity index (χ1n) is 11.7. The highest BCUT2D eigenvalue weighted by Gasteiger charge is 2.35. The van der Waals surface area contributed by atoms with Gasteiger partial charge in [0.25, 0.3) is 0 Å². The van der Waals surface area contributed by atoms with E-state index in [1.807, 2.05) is 109 Å². The monoisotopic (exact) mass is 534 g/mol. The Kier molecular flexibility index (Phi) is 9.90. The molecule has 4 unspecified atom stereocenters. The molecule has 0 fully saturated rings. The minimum atomic E-state index is -0.968. The molecule has 2 aliphatic carbocycles. The summed E-state index contributed by atoms with van der Waals surface area (Å²) in [6.45, 7) is 0. The van der Waals surface area contributed by atoms with Gasteiger partial charge in [0.2, 0.25) is 0 Å². The molecule has 2 aromatic carbocycles. The molecule has 2 aliphatic rings. The van der Waals surface area contributed by atoms with E-state index < -0.39 is 16.3 Å². The van der Waals surface area contributed by atoms with E-state index in [-0.39, 0.29) is 17.3 Å². The normalized spacial score (nSPS) is 26.1. The fourth-order valence-corrected chi connectivity index (χ4v) is 4.83. The molecule has 0 amide bonds.